The smallest absolute Gasteiger partial charge is 0.264 e. The van der Waals surface area contributed by atoms with Crippen molar-refractivity contribution in [1.82, 2.24) is 14.5 Å². The standard InChI is InChI=1S/C19H22ClN3O4S/c1-3-18-22-17-10-21-16-5-4-12(20)8-15(16)19(17)23(18)13-6-7-26-14(9-13)11-27-28(2,24)25/h4-5,8,10,13-14H,3,6-7,9,11H2,1-2H3/t13-,14+/m1/s1. The zero-order valence-corrected chi connectivity index (χ0v) is 17.3. The summed E-state index contributed by atoms with van der Waals surface area (Å²) in [6, 6.07) is 5.80. The van der Waals surface area contributed by atoms with Crippen molar-refractivity contribution in [3.05, 3.63) is 35.2 Å². The molecule has 1 fully saturated rings. The van der Waals surface area contributed by atoms with Crippen molar-refractivity contribution in [2.24, 2.45) is 0 Å². The molecule has 0 aliphatic carbocycles. The first-order chi connectivity index (χ1) is 13.4. The lowest BCUT2D eigenvalue weighted by molar-refractivity contribution is -0.0276. The van der Waals surface area contributed by atoms with Gasteiger partial charge in [0.1, 0.15) is 11.3 Å². The lowest BCUT2D eigenvalue weighted by Crippen LogP contribution is -2.32. The van der Waals surface area contributed by atoms with E-state index in [-0.39, 0.29) is 18.8 Å². The van der Waals surface area contributed by atoms with Gasteiger partial charge in [-0.3, -0.25) is 9.17 Å². The maximum absolute atomic E-state index is 11.3. The van der Waals surface area contributed by atoms with Crippen molar-refractivity contribution in [3.8, 4) is 0 Å². The maximum Gasteiger partial charge on any atom is 0.264 e. The molecular weight excluding hydrogens is 402 g/mol. The van der Waals surface area contributed by atoms with Gasteiger partial charge in [0.25, 0.3) is 10.1 Å². The predicted molar refractivity (Wildman–Crippen MR) is 108 cm³/mol. The average molecular weight is 424 g/mol. The fraction of sp³-hybridized carbons (Fsp3) is 0.474. The summed E-state index contributed by atoms with van der Waals surface area (Å²) in [5.74, 6) is 0.971. The summed E-state index contributed by atoms with van der Waals surface area (Å²) in [6.45, 7) is 2.64. The van der Waals surface area contributed by atoms with E-state index in [4.69, 9.17) is 25.5 Å². The largest absolute Gasteiger partial charge is 0.376 e. The van der Waals surface area contributed by atoms with Crippen molar-refractivity contribution in [3.63, 3.8) is 0 Å². The number of aromatic nitrogens is 3. The third kappa shape index (κ3) is 3.87. The summed E-state index contributed by atoms with van der Waals surface area (Å²) in [4.78, 5) is 9.30. The van der Waals surface area contributed by atoms with Crippen molar-refractivity contribution in [2.45, 2.75) is 38.3 Å². The summed E-state index contributed by atoms with van der Waals surface area (Å²) < 4.78 is 35.6. The number of pyridine rings is 1. The van der Waals surface area contributed by atoms with Crippen LogP contribution in [-0.2, 0) is 25.5 Å². The Morgan fingerprint density at radius 2 is 2.18 bits per heavy atom. The molecule has 1 aliphatic heterocycles. The number of fused-ring (bicyclic) bond motifs is 3. The lowest BCUT2D eigenvalue weighted by Gasteiger charge is -2.31. The van der Waals surface area contributed by atoms with E-state index in [0.29, 0.717) is 18.1 Å². The van der Waals surface area contributed by atoms with Gasteiger partial charge >= 0.3 is 0 Å². The number of imidazole rings is 1. The predicted octanol–water partition coefficient (Wildman–Crippen LogP) is 3.50. The summed E-state index contributed by atoms with van der Waals surface area (Å²) in [5.41, 5.74) is 2.71. The summed E-state index contributed by atoms with van der Waals surface area (Å²) in [5, 5.41) is 1.62. The molecular formula is C19H22ClN3O4S. The molecule has 4 rings (SSSR count). The highest BCUT2D eigenvalue weighted by Gasteiger charge is 2.28. The minimum Gasteiger partial charge on any atom is -0.376 e. The third-order valence-electron chi connectivity index (χ3n) is 5.04. The second-order valence-electron chi connectivity index (χ2n) is 7.06. The molecule has 2 atom stereocenters. The SMILES string of the molecule is CCc1nc2cnc3ccc(Cl)cc3c2n1[C@@H]1CCO[C@H](COS(C)(=O)=O)C1. The van der Waals surface area contributed by atoms with Crippen molar-refractivity contribution in [2.75, 3.05) is 19.5 Å². The number of ether oxygens (including phenoxy) is 1. The molecule has 0 N–H and O–H groups in total. The van der Waals surface area contributed by atoms with E-state index in [2.05, 4.69) is 16.5 Å². The number of hydrogen-bond donors (Lipinski definition) is 0. The van der Waals surface area contributed by atoms with Crippen LogP contribution in [0.25, 0.3) is 21.9 Å². The van der Waals surface area contributed by atoms with Crippen LogP contribution in [0.3, 0.4) is 0 Å². The molecule has 150 valence electrons. The highest BCUT2D eigenvalue weighted by Crippen LogP contribution is 2.34. The summed E-state index contributed by atoms with van der Waals surface area (Å²) >= 11 is 6.25. The van der Waals surface area contributed by atoms with Crippen molar-refractivity contribution < 1.29 is 17.3 Å². The lowest BCUT2D eigenvalue weighted by atomic mass is 10.0. The Morgan fingerprint density at radius 1 is 1.36 bits per heavy atom. The minimum atomic E-state index is -3.50. The number of hydrogen-bond acceptors (Lipinski definition) is 6. The van der Waals surface area contributed by atoms with E-state index in [1.165, 1.54) is 0 Å². The van der Waals surface area contributed by atoms with Gasteiger partial charge in [0.05, 0.1) is 36.2 Å². The zero-order valence-electron chi connectivity index (χ0n) is 15.8. The number of halogens is 1. The molecule has 7 nitrogen and oxygen atoms in total. The molecule has 0 radical (unpaired) electrons. The van der Waals surface area contributed by atoms with Crippen LogP contribution in [0.5, 0.6) is 0 Å². The fourth-order valence-electron chi connectivity index (χ4n) is 3.85. The van der Waals surface area contributed by atoms with Crippen LogP contribution in [0.15, 0.2) is 24.4 Å². The number of aryl methyl sites for hydroxylation is 1. The molecule has 1 aliphatic rings. The molecule has 0 unspecified atom stereocenters. The highest BCUT2D eigenvalue weighted by atomic mass is 35.5. The third-order valence-corrected chi connectivity index (χ3v) is 5.84. The van der Waals surface area contributed by atoms with E-state index in [0.717, 1.165) is 46.9 Å². The van der Waals surface area contributed by atoms with Crippen molar-refractivity contribution >= 4 is 43.7 Å². The average Bonchev–Trinajstić information content (AvgIpc) is 3.05. The molecule has 1 aromatic carbocycles. The van der Waals surface area contributed by atoms with Gasteiger partial charge < -0.3 is 9.30 Å². The topological polar surface area (TPSA) is 83.3 Å². The monoisotopic (exact) mass is 423 g/mol. The van der Waals surface area contributed by atoms with E-state index in [1.807, 2.05) is 18.2 Å². The number of nitrogens with zero attached hydrogens (tertiary/aromatic N) is 3. The van der Waals surface area contributed by atoms with Gasteiger partial charge in [0.15, 0.2) is 0 Å². The molecule has 0 saturated carbocycles. The molecule has 1 saturated heterocycles. The van der Waals surface area contributed by atoms with Crippen LogP contribution in [0.1, 0.15) is 31.6 Å². The molecule has 3 aromatic rings. The maximum atomic E-state index is 11.3. The van der Waals surface area contributed by atoms with Crippen molar-refractivity contribution in [1.29, 1.82) is 0 Å². The molecule has 2 aromatic heterocycles. The number of benzene rings is 1. The van der Waals surface area contributed by atoms with Gasteiger partial charge in [-0.25, -0.2) is 4.98 Å². The Hall–Kier alpha value is -1.74. The van der Waals surface area contributed by atoms with Gasteiger partial charge in [-0.1, -0.05) is 18.5 Å². The van der Waals surface area contributed by atoms with Gasteiger partial charge in [0, 0.05) is 29.5 Å². The molecule has 28 heavy (non-hydrogen) atoms. The first-order valence-corrected chi connectivity index (χ1v) is 11.5. The Morgan fingerprint density at radius 3 is 2.93 bits per heavy atom. The normalized spacial score (nSPS) is 20.8. The van der Waals surface area contributed by atoms with Crippen LogP contribution in [0.2, 0.25) is 5.02 Å². The Kier molecular flexibility index (Phi) is 5.30. The minimum absolute atomic E-state index is 0.0253. The van der Waals surface area contributed by atoms with E-state index in [9.17, 15) is 8.42 Å². The first kappa shape index (κ1) is 19.6. The van der Waals surface area contributed by atoms with Crippen LogP contribution in [0, 0.1) is 0 Å². The van der Waals surface area contributed by atoms with E-state index < -0.39 is 10.1 Å². The highest BCUT2D eigenvalue weighted by molar-refractivity contribution is 7.85. The molecule has 0 bridgehead atoms. The van der Waals surface area contributed by atoms with Gasteiger partial charge in [-0.2, -0.15) is 8.42 Å². The van der Waals surface area contributed by atoms with Crippen LogP contribution in [0.4, 0.5) is 0 Å². The summed E-state index contributed by atoms with van der Waals surface area (Å²) in [6.07, 6.45) is 4.81. The number of rotatable bonds is 5. The van der Waals surface area contributed by atoms with Gasteiger partial charge in [-0.15, -0.1) is 0 Å². The quantitative estimate of drug-likeness (QED) is 0.584. The van der Waals surface area contributed by atoms with Gasteiger partial charge in [-0.05, 0) is 31.0 Å². The molecule has 3 heterocycles. The van der Waals surface area contributed by atoms with E-state index in [1.54, 1.807) is 6.20 Å². The summed E-state index contributed by atoms with van der Waals surface area (Å²) in [7, 11) is -3.50. The fourth-order valence-corrected chi connectivity index (χ4v) is 4.42. The van der Waals surface area contributed by atoms with Crippen LogP contribution < -0.4 is 0 Å². The van der Waals surface area contributed by atoms with Crippen LogP contribution in [-0.4, -0.2) is 48.5 Å². The Bertz CT molecular complexity index is 1130. The molecule has 9 heteroatoms. The zero-order chi connectivity index (χ0) is 19.9. The van der Waals surface area contributed by atoms with E-state index >= 15 is 0 Å². The molecule has 0 amide bonds. The van der Waals surface area contributed by atoms with Gasteiger partial charge in [0.2, 0.25) is 0 Å². The Labute approximate surface area is 168 Å². The first-order valence-electron chi connectivity index (χ1n) is 9.27. The van der Waals surface area contributed by atoms with Crippen LogP contribution >= 0.6 is 11.6 Å². The second-order valence-corrected chi connectivity index (χ2v) is 9.15. The second kappa shape index (κ2) is 7.59. The molecule has 0 spiro atoms. The Balaban J connectivity index is 1.77.